The number of nitro groups is 1. The minimum absolute atomic E-state index is 0.0389. The molecule has 0 aliphatic rings. The van der Waals surface area contributed by atoms with Gasteiger partial charge >= 0.3 is 5.97 Å². The third-order valence-corrected chi connectivity index (χ3v) is 3.32. The minimum atomic E-state index is -0.671. The number of carbonyl (C=O) groups is 1. The molecule has 0 aliphatic carbocycles. The summed E-state index contributed by atoms with van der Waals surface area (Å²) in [5.41, 5.74) is 0.470. The predicted molar refractivity (Wildman–Crippen MR) is 81.9 cm³/mol. The van der Waals surface area contributed by atoms with Crippen molar-refractivity contribution in [1.82, 2.24) is 10.2 Å². The van der Waals surface area contributed by atoms with Crippen LogP contribution in [0.5, 0.6) is 0 Å². The molecule has 122 valence electrons. The molecule has 0 radical (unpaired) electrons. The van der Waals surface area contributed by atoms with Crippen molar-refractivity contribution in [3.63, 3.8) is 0 Å². The van der Waals surface area contributed by atoms with Crippen molar-refractivity contribution in [2.45, 2.75) is 6.61 Å². The van der Waals surface area contributed by atoms with Crippen molar-refractivity contribution >= 4 is 27.6 Å². The van der Waals surface area contributed by atoms with Crippen LogP contribution in [0.3, 0.4) is 0 Å². The molecule has 10 heteroatoms. The molecule has 0 atom stereocenters. The molecule has 3 aromatic rings. The van der Waals surface area contributed by atoms with Crippen LogP contribution in [0.4, 0.5) is 5.69 Å². The maximum Gasteiger partial charge on any atom is 0.374 e. The number of halogens is 1. The van der Waals surface area contributed by atoms with Crippen molar-refractivity contribution in [2.75, 3.05) is 0 Å². The van der Waals surface area contributed by atoms with E-state index in [1.807, 2.05) is 0 Å². The second kappa shape index (κ2) is 6.62. The Hall–Kier alpha value is -3.01. The number of nitro benzene ring substituents is 1. The third kappa shape index (κ3) is 3.49. The number of aromatic nitrogens is 2. The summed E-state index contributed by atoms with van der Waals surface area (Å²) < 4.78 is 15.8. The summed E-state index contributed by atoms with van der Waals surface area (Å²) in [6, 6.07) is 8.66. The molecule has 0 N–H and O–H groups in total. The van der Waals surface area contributed by atoms with Gasteiger partial charge in [0.2, 0.25) is 11.7 Å². The summed E-state index contributed by atoms with van der Waals surface area (Å²) >= 11 is 3.08. The minimum Gasteiger partial charge on any atom is -0.450 e. The Labute approximate surface area is 142 Å². The molecule has 0 bridgehead atoms. The van der Waals surface area contributed by atoms with Gasteiger partial charge in [0.15, 0.2) is 11.3 Å². The fourth-order valence-corrected chi connectivity index (χ4v) is 2.08. The molecule has 24 heavy (non-hydrogen) atoms. The molecule has 3 rings (SSSR count). The number of hydrogen-bond donors (Lipinski definition) is 0. The van der Waals surface area contributed by atoms with Gasteiger partial charge in [-0.3, -0.25) is 10.1 Å². The maximum atomic E-state index is 11.7. The van der Waals surface area contributed by atoms with Gasteiger partial charge in [-0.05, 0) is 40.2 Å². The molecule has 0 amide bonds. The number of hydrogen-bond acceptors (Lipinski definition) is 8. The molecule has 0 spiro atoms. The molecule has 0 unspecified atom stereocenters. The van der Waals surface area contributed by atoms with E-state index in [-0.39, 0.29) is 29.8 Å². The number of non-ortho nitro benzene ring substituents is 1. The van der Waals surface area contributed by atoms with Crippen molar-refractivity contribution in [3.8, 4) is 11.5 Å². The normalized spacial score (nSPS) is 10.5. The summed E-state index contributed by atoms with van der Waals surface area (Å²) in [6.45, 7) is -0.225. The Kier molecular flexibility index (Phi) is 4.38. The molecular weight excluding hydrogens is 386 g/mol. The summed E-state index contributed by atoms with van der Waals surface area (Å²) in [4.78, 5) is 21.8. The summed E-state index contributed by atoms with van der Waals surface area (Å²) in [6.07, 6.45) is 0. The van der Waals surface area contributed by atoms with Gasteiger partial charge in [0.1, 0.15) is 0 Å². The lowest BCUT2D eigenvalue weighted by molar-refractivity contribution is -0.384. The molecule has 0 aliphatic heterocycles. The van der Waals surface area contributed by atoms with Gasteiger partial charge in [-0.2, -0.15) is 0 Å². The molecule has 2 heterocycles. The molecule has 0 saturated heterocycles. The maximum absolute atomic E-state index is 11.7. The first-order valence-corrected chi connectivity index (χ1v) is 7.32. The van der Waals surface area contributed by atoms with Gasteiger partial charge in [-0.25, -0.2) is 4.79 Å². The Morgan fingerprint density at radius 3 is 2.54 bits per heavy atom. The lowest BCUT2D eigenvalue weighted by Gasteiger charge is -1.98. The van der Waals surface area contributed by atoms with Crippen molar-refractivity contribution < 1.29 is 23.3 Å². The molecular formula is C14H8BrN3O6. The number of rotatable bonds is 5. The van der Waals surface area contributed by atoms with E-state index >= 15 is 0 Å². The van der Waals surface area contributed by atoms with E-state index in [0.29, 0.717) is 10.2 Å². The van der Waals surface area contributed by atoms with Crippen LogP contribution in [-0.4, -0.2) is 21.1 Å². The van der Waals surface area contributed by atoms with Gasteiger partial charge < -0.3 is 13.6 Å². The van der Waals surface area contributed by atoms with Crippen LogP contribution >= 0.6 is 15.9 Å². The van der Waals surface area contributed by atoms with Gasteiger partial charge in [0.25, 0.3) is 11.6 Å². The van der Waals surface area contributed by atoms with Crippen molar-refractivity contribution in [2.24, 2.45) is 0 Å². The first kappa shape index (κ1) is 15.9. The second-order valence-electron chi connectivity index (χ2n) is 4.48. The number of carbonyl (C=O) groups excluding carboxylic acids is 1. The van der Waals surface area contributed by atoms with Gasteiger partial charge in [-0.15, -0.1) is 10.2 Å². The van der Waals surface area contributed by atoms with E-state index in [4.69, 9.17) is 13.6 Å². The lowest BCUT2D eigenvalue weighted by atomic mass is 10.2. The molecule has 0 saturated carbocycles. The highest BCUT2D eigenvalue weighted by atomic mass is 79.9. The molecule has 1 aromatic carbocycles. The van der Waals surface area contributed by atoms with Crippen molar-refractivity contribution in [3.05, 3.63) is 62.8 Å². The van der Waals surface area contributed by atoms with Crippen LogP contribution < -0.4 is 0 Å². The SMILES string of the molecule is O=C(OCc1nnc(-c2ccc([N+](=O)[O-])cc2)o1)c1ccc(Br)o1. The topological polar surface area (TPSA) is 122 Å². The number of nitrogens with zero attached hydrogens (tertiary/aromatic N) is 3. The largest absolute Gasteiger partial charge is 0.450 e. The summed E-state index contributed by atoms with van der Waals surface area (Å²) in [5.74, 6) is -0.383. The zero-order valence-electron chi connectivity index (χ0n) is 11.8. The smallest absolute Gasteiger partial charge is 0.374 e. The van der Waals surface area contributed by atoms with E-state index in [1.54, 1.807) is 6.07 Å². The fraction of sp³-hybridized carbons (Fsp3) is 0.0714. The van der Waals surface area contributed by atoms with Gasteiger partial charge in [-0.1, -0.05) is 0 Å². The number of benzene rings is 1. The molecule has 9 nitrogen and oxygen atoms in total. The third-order valence-electron chi connectivity index (χ3n) is 2.89. The Balaban J connectivity index is 1.65. The van der Waals surface area contributed by atoms with E-state index in [1.165, 1.54) is 30.3 Å². The molecule has 2 aromatic heterocycles. The Bertz CT molecular complexity index is 886. The monoisotopic (exact) mass is 393 g/mol. The summed E-state index contributed by atoms with van der Waals surface area (Å²) in [7, 11) is 0. The van der Waals surface area contributed by atoms with Crippen LogP contribution in [0, 0.1) is 10.1 Å². The Morgan fingerprint density at radius 2 is 1.92 bits per heavy atom. The first-order valence-electron chi connectivity index (χ1n) is 6.52. The zero-order valence-corrected chi connectivity index (χ0v) is 13.4. The first-order chi connectivity index (χ1) is 11.5. The van der Waals surface area contributed by atoms with Crippen LogP contribution in [0.15, 0.2) is 49.9 Å². The van der Waals surface area contributed by atoms with Crippen LogP contribution in [0.25, 0.3) is 11.5 Å². The van der Waals surface area contributed by atoms with E-state index < -0.39 is 10.9 Å². The second-order valence-corrected chi connectivity index (χ2v) is 5.27. The number of furan rings is 1. The van der Waals surface area contributed by atoms with Crippen LogP contribution in [0.1, 0.15) is 16.4 Å². The Morgan fingerprint density at radius 1 is 1.17 bits per heavy atom. The van der Waals surface area contributed by atoms with Gasteiger partial charge in [0.05, 0.1) is 4.92 Å². The zero-order chi connectivity index (χ0) is 17.1. The van der Waals surface area contributed by atoms with Crippen molar-refractivity contribution in [1.29, 1.82) is 0 Å². The van der Waals surface area contributed by atoms with E-state index in [2.05, 4.69) is 26.1 Å². The lowest BCUT2D eigenvalue weighted by Crippen LogP contribution is -2.04. The standard InChI is InChI=1S/C14H8BrN3O6/c15-11-6-5-10(23-11)14(19)22-7-12-16-17-13(24-12)8-1-3-9(4-2-8)18(20)21/h1-6H,7H2. The van der Waals surface area contributed by atoms with E-state index in [0.717, 1.165) is 0 Å². The highest BCUT2D eigenvalue weighted by Crippen LogP contribution is 2.21. The fourth-order valence-electron chi connectivity index (χ4n) is 1.78. The average Bonchev–Trinajstić information content (AvgIpc) is 3.22. The highest BCUT2D eigenvalue weighted by molar-refractivity contribution is 9.10. The predicted octanol–water partition coefficient (Wildman–Crippen LogP) is 3.36. The van der Waals surface area contributed by atoms with Crippen LogP contribution in [0.2, 0.25) is 0 Å². The summed E-state index contributed by atoms with van der Waals surface area (Å²) in [5, 5.41) is 18.2. The number of esters is 1. The van der Waals surface area contributed by atoms with E-state index in [9.17, 15) is 14.9 Å². The average molecular weight is 394 g/mol. The number of ether oxygens (including phenoxy) is 1. The highest BCUT2D eigenvalue weighted by Gasteiger charge is 2.15. The molecule has 0 fully saturated rings. The quantitative estimate of drug-likeness (QED) is 0.367. The van der Waals surface area contributed by atoms with Crippen LogP contribution in [-0.2, 0) is 11.3 Å². The van der Waals surface area contributed by atoms with Gasteiger partial charge in [0, 0.05) is 17.7 Å².